The second-order valence-electron chi connectivity index (χ2n) is 11.1. The van der Waals surface area contributed by atoms with Gasteiger partial charge in [0, 0.05) is 54.9 Å². The Kier molecular flexibility index (Phi) is 7.97. The number of nitrogens with zero attached hydrogens (tertiary/aromatic N) is 3. The molecule has 0 spiro atoms. The van der Waals surface area contributed by atoms with Gasteiger partial charge in [0.15, 0.2) is 0 Å². The quantitative estimate of drug-likeness (QED) is 0.190. The maximum Gasteiger partial charge on any atom is 0.326 e. The number of carbonyl (C=O) groups is 2. The fourth-order valence-electron chi connectivity index (χ4n) is 6.02. The van der Waals surface area contributed by atoms with E-state index in [0.29, 0.717) is 38.2 Å². The van der Waals surface area contributed by atoms with Gasteiger partial charge in [-0.15, -0.1) is 0 Å². The zero-order chi connectivity index (χ0) is 29.9. The smallest absolute Gasteiger partial charge is 0.326 e. The van der Waals surface area contributed by atoms with E-state index >= 15 is 0 Å². The van der Waals surface area contributed by atoms with Gasteiger partial charge in [0.05, 0.1) is 23.3 Å². The molecule has 11 heteroatoms. The lowest BCUT2D eigenvalue weighted by molar-refractivity contribution is -0.123. The summed E-state index contributed by atoms with van der Waals surface area (Å²) in [6.07, 6.45) is 4.87. The predicted molar refractivity (Wildman–Crippen MR) is 165 cm³/mol. The van der Waals surface area contributed by atoms with Crippen molar-refractivity contribution < 1.29 is 9.59 Å². The van der Waals surface area contributed by atoms with Crippen LogP contribution in [0.2, 0.25) is 0 Å². The maximum absolute atomic E-state index is 13.7. The van der Waals surface area contributed by atoms with Crippen LogP contribution in [0.5, 0.6) is 0 Å². The number of pyridine rings is 1. The number of amides is 3. The number of hydrogen-bond acceptors (Lipinski definition) is 5. The van der Waals surface area contributed by atoms with E-state index in [9.17, 15) is 14.4 Å². The van der Waals surface area contributed by atoms with Crippen LogP contribution in [0.15, 0.2) is 77.9 Å². The second-order valence-corrected chi connectivity index (χ2v) is 11.1. The highest BCUT2D eigenvalue weighted by atomic mass is 16.2. The Labute approximate surface area is 248 Å². The van der Waals surface area contributed by atoms with Crippen molar-refractivity contribution in [3.63, 3.8) is 0 Å². The maximum atomic E-state index is 13.7. The number of nitrogens with two attached hydrogens (primary N) is 1. The Bertz CT molecular complexity index is 1800. The van der Waals surface area contributed by atoms with E-state index in [4.69, 9.17) is 5.73 Å². The van der Waals surface area contributed by atoms with Gasteiger partial charge in [-0.2, -0.15) is 0 Å². The number of hydrogen-bond donors (Lipinski definition) is 5. The zero-order valence-corrected chi connectivity index (χ0v) is 24.0. The minimum absolute atomic E-state index is 0.0184. The van der Waals surface area contributed by atoms with Crippen molar-refractivity contribution in [3.8, 4) is 0 Å². The van der Waals surface area contributed by atoms with Crippen LogP contribution < -0.4 is 22.1 Å². The van der Waals surface area contributed by atoms with E-state index in [0.717, 1.165) is 33.1 Å². The molecule has 0 radical (unpaired) electrons. The average molecular weight is 581 g/mol. The molecule has 43 heavy (non-hydrogen) atoms. The molecule has 1 aliphatic rings. The highest BCUT2D eigenvalue weighted by Gasteiger charge is 2.33. The third kappa shape index (κ3) is 5.76. The zero-order valence-electron chi connectivity index (χ0n) is 24.0. The molecule has 0 saturated carbocycles. The molecule has 1 aliphatic heterocycles. The largest absolute Gasteiger partial charge is 0.361 e. The van der Waals surface area contributed by atoms with Crippen LogP contribution >= 0.6 is 0 Å². The number of benzene rings is 2. The standard InChI is InChI=1S/C32H36N8O3/c1-20(25-19-35-26-7-3-2-6-24(25)26)29(30(41)36-18-22-11-10-21(16-33)17-34-22)38-31(42)39-14-12-23(13-15-39)40-28-9-5-4-8-27(28)37-32(40)43/h2-11,17,19-20,23,29,35H,12-16,18,33H2,1H3,(H,36,41)(H,37,43)(H,38,42)/t20-,29+/m0/s1. The van der Waals surface area contributed by atoms with Crippen molar-refractivity contribution in [2.75, 3.05) is 13.1 Å². The van der Waals surface area contributed by atoms with E-state index in [1.165, 1.54) is 0 Å². The molecule has 2 atom stereocenters. The van der Waals surface area contributed by atoms with Crippen LogP contribution in [0.4, 0.5) is 4.79 Å². The number of piperidine rings is 1. The summed E-state index contributed by atoms with van der Waals surface area (Å²) in [5, 5.41) is 7.01. The highest BCUT2D eigenvalue weighted by Crippen LogP contribution is 2.29. The molecule has 0 unspecified atom stereocenters. The van der Waals surface area contributed by atoms with Crippen LogP contribution in [0, 0.1) is 0 Å². The number of urea groups is 1. The molecule has 11 nitrogen and oxygen atoms in total. The first-order valence-corrected chi connectivity index (χ1v) is 14.6. The van der Waals surface area contributed by atoms with Gasteiger partial charge < -0.3 is 31.2 Å². The topological polar surface area (TPSA) is 154 Å². The van der Waals surface area contributed by atoms with Gasteiger partial charge in [0.1, 0.15) is 6.04 Å². The summed E-state index contributed by atoms with van der Waals surface area (Å²) < 4.78 is 1.80. The van der Waals surface area contributed by atoms with E-state index in [-0.39, 0.29) is 36.1 Å². The normalized spacial score (nSPS) is 15.4. The number of H-pyrrole nitrogens is 2. The summed E-state index contributed by atoms with van der Waals surface area (Å²) in [7, 11) is 0. The number of carbonyl (C=O) groups excluding carboxylic acids is 2. The molecular weight excluding hydrogens is 544 g/mol. The predicted octanol–water partition coefficient (Wildman–Crippen LogP) is 3.50. The third-order valence-electron chi connectivity index (χ3n) is 8.48. The molecule has 6 N–H and O–H groups in total. The third-order valence-corrected chi connectivity index (χ3v) is 8.48. The van der Waals surface area contributed by atoms with Gasteiger partial charge >= 0.3 is 11.7 Å². The van der Waals surface area contributed by atoms with Crippen molar-refractivity contribution in [3.05, 3.63) is 100 Å². The van der Waals surface area contributed by atoms with Gasteiger partial charge in [-0.1, -0.05) is 43.3 Å². The molecule has 1 saturated heterocycles. The van der Waals surface area contributed by atoms with Crippen molar-refractivity contribution in [1.29, 1.82) is 0 Å². The Hall–Kier alpha value is -4.90. The number of fused-ring (bicyclic) bond motifs is 2. The van der Waals surface area contributed by atoms with E-state index in [1.807, 2.05) is 73.8 Å². The SMILES string of the molecule is C[C@@H](c1c[nH]c2ccccc12)[C@@H](NC(=O)N1CCC(n2c(=O)[nH]c3ccccc32)CC1)C(=O)NCc1ccc(CN)cn1. The summed E-state index contributed by atoms with van der Waals surface area (Å²) in [4.78, 5) is 52.3. The van der Waals surface area contributed by atoms with Gasteiger partial charge in [-0.25, -0.2) is 9.59 Å². The number of rotatable bonds is 8. The van der Waals surface area contributed by atoms with Gasteiger partial charge in [-0.05, 0) is 48.2 Å². The van der Waals surface area contributed by atoms with Gasteiger partial charge in [0.25, 0.3) is 0 Å². The fourth-order valence-corrected chi connectivity index (χ4v) is 6.02. The van der Waals surface area contributed by atoms with Crippen molar-refractivity contribution >= 4 is 33.9 Å². The van der Waals surface area contributed by atoms with Gasteiger partial charge in [0.2, 0.25) is 5.91 Å². The molecule has 222 valence electrons. The Morgan fingerprint density at radius 3 is 2.53 bits per heavy atom. The van der Waals surface area contributed by atoms with E-state index < -0.39 is 6.04 Å². The van der Waals surface area contributed by atoms with Crippen LogP contribution in [0.25, 0.3) is 21.9 Å². The minimum Gasteiger partial charge on any atom is -0.361 e. The van der Waals surface area contributed by atoms with Crippen LogP contribution in [0.3, 0.4) is 0 Å². The summed E-state index contributed by atoms with van der Waals surface area (Å²) in [5.41, 5.74) is 10.7. The molecule has 3 aromatic heterocycles. The summed E-state index contributed by atoms with van der Waals surface area (Å²) >= 11 is 0. The number of imidazole rings is 1. The lowest BCUT2D eigenvalue weighted by atomic mass is 9.92. The Balaban J connectivity index is 1.17. The molecular formula is C32H36N8O3. The Morgan fingerprint density at radius 2 is 1.79 bits per heavy atom. The monoisotopic (exact) mass is 580 g/mol. The summed E-state index contributed by atoms with van der Waals surface area (Å²) in [5.74, 6) is -0.619. The summed E-state index contributed by atoms with van der Waals surface area (Å²) in [6.45, 7) is 3.50. The first-order valence-electron chi connectivity index (χ1n) is 14.6. The number of aromatic amines is 2. The molecule has 1 fully saturated rings. The van der Waals surface area contributed by atoms with Crippen molar-refractivity contribution in [2.45, 2.75) is 50.9 Å². The highest BCUT2D eigenvalue weighted by molar-refractivity contribution is 5.90. The first-order chi connectivity index (χ1) is 20.9. The molecule has 3 amide bonds. The second kappa shape index (κ2) is 12.1. The van der Waals surface area contributed by atoms with Crippen molar-refractivity contribution in [2.24, 2.45) is 5.73 Å². The summed E-state index contributed by atoms with van der Waals surface area (Å²) in [6, 6.07) is 18.1. The lowest BCUT2D eigenvalue weighted by Gasteiger charge is -2.34. The minimum atomic E-state index is -0.830. The molecule has 4 heterocycles. The van der Waals surface area contributed by atoms with Crippen LogP contribution in [-0.4, -0.2) is 55.5 Å². The van der Waals surface area contributed by atoms with Crippen LogP contribution in [-0.2, 0) is 17.9 Å². The molecule has 0 aliphatic carbocycles. The lowest BCUT2D eigenvalue weighted by Crippen LogP contribution is -2.54. The first kappa shape index (κ1) is 28.2. The molecule has 5 aromatic rings. The van der Waals surface area contributed by atoms with Crippen LogP contribution in [0.1, 0.15) is 48.5 Å². The molecule has 0 bridgehead atoms. The molecule has 6 rings (SSSR count). The molecule has 2 aromatic carbocycles. The number of likely N-dealkylation sites (tertiary alicyclic amines) is 1. The Morgan fingerprint density at radius 1 is 1.05 bits per heavy atom. The van der Waals surface area contributed by atoms with E-state index in [2.05, 4.69) is 25.6 Å². The van der Waals surface area contributed by atoms with Crippen molar-refractivity contribution in [1.82, 2.24) is 35.1 Å². The fraction of sp³-hybridized carbons (Fsp3) is 0.312. The average Bonchev–Trinajstić information content (AvgIpc) is 3.63. The number of nitrogens with one attached hydrogen (secondary N) is 4. The number of para-hydroxylation sites is 3. The number of aromatic nitrogens is 4. The van der Waals surface area contributed by atoms with Gasteiger partial charge in [-0.3, -0.25) is 14.3 Å². The van der Waals surface area contributed by atoms with E-state index in [1.54, 1.807) is 15.7 Å².